The molecule has 104 valence electrons. The fourth-order valence-corrected chi connectivity index (χ4v) is 5.03. The fourth-order valence-electron chi connectivity index (χ4n) is 5.03. The molecule has 5 atom stereocenters. The van der Waals surface area contributed by atoms with Crippen molar-refractivity contribution in [2.75, 3.05) is 14.2 Å². The predicted molar refractivity (Wildman–Crippen MR) is 71.3 cm³/mol. The van der Waals surface area contributed by atoms with E-state index in [-0.39, 0.29) is 11.8 Å². The van der Waals surface area contributed by atoms with Gasteiger partial charge in [0.25, 0.3) is 0 Å². The van der Waals surface area contributed by atoms with Crippen molar-refractivity contribution < 1.29 is 14.6 Å². The van der Waals surface area contributed by atoms with E-state index in [0.29, 0.717) is 5.92 Å². The standard InChI is InChI=1S/C16H22O3/c1-18-16(19-2)11-5-8-14(16)15(17,9-11)13-7-4-10-3-6-12(10)13/h5,7-8,10-12,14,17H,3-4,6,9H2,1-2H3/t10-,11-,12-,14-,15+/m0/s1. The summed E-state index contributed by atoms with van der Waals surface area (Å²) in [5.41, 5.74) is 0.532. The minimum absolute atomic E-state index is 0.0643. The Hall–Kier alpha value is -0.640. The molecule has 19 heavy (non-hydrogen) atoms. The van der Waals surface area contributed by atoms with E-state index in [1.54, 1.807) is 14.2 Å². The molecule has 0 aromatic rings. The number of ether oxygens (including phenoxy) is 2. The molecule has 4 rings (SSSR count). The van der Waals surface area contributed by atoms with Gasteiger partial charge in [-0.2, -0.15) is 0 Å². The summed E-state index contributed by atoms with van der Waals surface area (Å²) in [6.45, 7) is 0. The number of hydrogen-bond donors (Lipinski definition) is 1. The normalized spacial score (nSPS) is 49.1. The highest BCUT2D eigenvalue weighted by Crippen LogP contribution is 2.62. The van der Waals surface area contributed by atoms with Gasteiger partial charge in [-0.05, 0) is 43.1 Å². The van der Waals surface area contributed by atoms with Crippen molar-refractivity contribution in [2.45, 2.75) is 37.1 Å². The van der Waals surface area contributed by atoms with Crippen LogP contribution in [0.2, 0.25) is 0 Å². The molecule has 3 nitrogen and oxygen atoms in total. The number of rotatable bonds is 3. The minimum atomic E-state index is -0.745. The SMILES string of the molecule is COC1(OC)[C@H]2C=C[C@H]1C[C@@]2(O)C1=CC[C@@H]2CC[C@H]12. The van der Waals surface area contributed by atoms with Crippen LogP contribution in [0.1, 0.15) is 25.7 Å². The molecule has 0 radical (unpaired) electrons. The monoisotopic (exact) mass is 262 g/mol. The van der Waals surface area contributed by atoms with Crippen LogP contribution < -0.4 is 0 Å². The van der Waals surface area contributed by atoms with Crippen LogP contribution in [0.5, 0.6) is 0 Å². The lowest BCUT2D eigenvalue weighted by Crippen LogP contribution is -2.47. The van der Waals surface area contributed by atoms with E-state index < -0.39 is 11.4 Å². The third kappa shape index (κ3) is 1.24. The molecule has 0 unspecified atom stereocenters. The third-order valence-electron chi connectivity index (χ3n) is 6.13. The Labute approximate surface area is 114 Å². The van der Waals surface area contributed by atoms with Gasteiger partial charge in [0.05, 0.1) is 11.5 Å². The topological polar surface area (TPSA) is 38.7 Å². The maximum absolute atomic E-state index is 11.3. The lowest BCUT2D eigenvalue weighted by Gasteiger charge is -2.42. The molecule has 2 saturated carbocycles. The van der Waals surface area contributed by atoms with Gasteiger partial charge in [-0.3, -0.25) is 0 Å². The minimum Gasteiger partial charge on any atom is -0.385 e. The molecule has 0 amide bonds. The van der Waals surface area contributed by atoms with Gasteiger partial charge in [0.1, 0.15) is 0 Å². The summed E-state index contributed by atoms with van der Waals surface area (Å²) in [6.07, 6.45) is 11.0. The zero-order valence-corrected chi connectivity index (χ0v) is 11.6. The Morgan fingerprint density at radius 1 is 1.21 bits per heavy atom. The quantitative estimate of drug-likeness (QED) is 0.626. The average molecular weight is 262 g/mol. The molecule has 2 fully saturated rings. The first-order valence-corrected chi connectivity index (χ1v) is 7.37. The van der Waals surface area contributed by atoms with E-state index in [1.165, 1.54) is 18.4 Å². The Morgan fingerprint density at radius 3 is 2.53 bits per heavy atom. The van der Waals surface area contributed by atoms with Crippen molar-refractivity contribution in [3.63, 3.8) is 0 Å². The van der Waals surface area contributed by atoms with Crippen LogP contribution in [0.3, 0.4) is 0 Å². The van der Waals surface area contributed by atoms with Crippen LogP contribution >= 0.6 is 0 Å². The summed E-state index contributed by atoms with van der Waals surface area (Å²) in [4.78, 5) is 0. The summed E-state index contributed by atoms with van der Waals surface area (Å²) in [5.74, 6) is 0.853. The summed E-state index contributed by atoms with van der Waals surface area (Å²) in [6, 6.07) is 0. The number of fused-ring (bicyclic) bond motifs is 3. The second-order valence-electron chi connectivity index (χ2n) is 6.57. The van der Waals surface area contributed by atoms with Gasteiger partial charge < -0.3 is 14.6 Å². The van der Waals surface area contributed by atoms with E-state index in [0.717, 1.165) is 18.8 Å². The van der Waals surface area contributed by atoms with Crippen LogP contribution in [-0.2, 0) is 9.47 Å². The molecule has 0 heterocycles. The molecular weight excluding hydrogens is 240 g/mol. The summed E-state index contributed by atoms with van der Waals surface area (Å²) >= 11 is 0. The van der Waals surface area contributed by atoms with Gasteiger partial charge in [0, 0.05) is 20.1 Å². The highest BCUT2D eigenvalue weighted by molar-refractivity contribution is 5.39. The van der Waals surface area contributed by atoms with Crippen molar-refractivity contribution in [1.82, 2.24) is 0 Å². The summed E-state index contributed by atoms with van der Waals surface area (Å²) in [5, 5.41) is 11.3. The van der Waals surface area contributed by atoms with Crippen molar-refractivity contribution in [1.29, 1.82) is 0 Å². The van der Waals surface area contributed by atoms with Crippen molar-refractivity contribution in [3.05, 3.63) is 23.8 Å². The molecule has 4 aliphatic carbocycles. The Morgan fingerprint density at radius 2 is 2.00 bits per heavy atom. The molecule has 0 aromatic heterocycles. The largest absolute Gasteiger partial charge is 0.385 e. The van der Waals surface area contributed by atoms with Crippen LogP contribution in [0.15, 0.2) is 23.8 Å². The fraction of sp³-hybridized carbons (Fsp3) is 0.750. The smallest absolute Gasteiger partial charge is 0.183 e. The lowest BCUT2D eigenvalue weighted by molar-refractivity contribution is -0.238. The molecule has 4 aliphatic rings. The van der Waals surface area contributed by atoms with Crippen molar-refractivity contribution >= 4 is 0 Å². The van der Waals surface area contributed by atoms with Crippen LogP contribution in [-0.4, -0.2) is 30.7 Å². The zero-order valence-electron chi connectivity index (χ0n) is 11.6. The molecule has 3 heteroatoms. The third-order valence-corrected chi connectivity index (χ3v) is 6.13. The van der Waals surface area contributed by atoms with E-state index in [1.807, 2.05) is 0 Å². The predicted octanol–water partition coefficient (Wildman–Crippen LogP) is 2.27. The molecule has 1 N–H and O–H groups in total. The number of hydrogen-bond acceptors (Lipinski definition) is 3. The zero-order chi connectivity index (χ0) is 13.3. The molecule has 0 spiro atoms. The van der Waals surface area contributed by atoms with E-state index in [4.69, 9.17) is 9.47 Å². The van der Waals surface area contributed by atoms with Crippen molar-refractivity contribution in [3.8, 4) is 0 Å². The van der Waals surface area contributed by atoms with Gasteiger partial charge in [0.15, 0.2) is 5.79 Å². The number of allylic oxidation sites excluding steroid dienone is 1. The maximum Gasteiger partial charge on any atom is 0.183 e. The Bertz CT molecular complexity index is 463. The van der Waals surface area contributed by atoms with Crippen molar-refractivity contribution in [2.24, 2.45) is 23.7 Å². The van der Waals surface area contributed by atoms with Crippen LogP contribution in [0, 0.1) is 23.7 Å². The highest BCUT2D eigenvalue weighted by atomic mass is 16.7. The lowest BCUT2D eigenvalue weighted by atomic mass is 9.67. The number of aliphatic hydroxyl groups is 1. The molecular formula is C16H22O3. The van der Waals surface area contributed by atoms with Gasteiger partial charge in [-0.15, -0.1) is 0 Å². The number of methoxy groups -OCH3 is 2. The highest BCUT2D eigenvalue weighted by Gasteiger charge is 2.67. The van der Waals surface area contributed by atoms with Gasteiger partial charge in [-0.25, -0.2) is 0 Å². The second-order valence-corrected chi connectivity index (χ2v) is 6.57. The first kappa shape index (κ1) is 12.1. The van der Waals surface area contributed by atoms with E-state index in [2.05, 4.69) is 18.2 Å². The first-order chi connectivity index (χ1) is 9.15. The first-order valence-electron chi connectivity index (χ1n) is 7.37. The Kier molecular flexibility index (Phi) is 2.37. The molecule has 2 bridgehead atoms. The molecule has 0 aliphatic heterocycles. The Balaban J connectivity index is 1.72. The summed E-state index contributed by atoms with van der Waals surface area (Å²) < 4.78 is 11.4. The summed E-state index contributed by atoms with van der Waals surface area (Å²) in [7, 11) is 3.38. The van der Waals surface area contributed by atoms with Crippen LogP contribution in [0.25, 0.3) is 0 Å². The van der Waals surface area contributed by atoms with Gasteiger partial charge in [0.2, 0.25) is 0 Å². The maximum atomic E-state index is 11.3. The van der Waals surface area contributed by atoms with E-state index in [9.17, 15) is 5.11 Å². The van der Waals surface area contributed by atoms with Crippen LogP contribution in [0.4, 0.5) is 0 Å². The van der Waals surface area contributed by atoms with Gasteiger partial charge in [-0.1, -0.05) is 18.2 Å². The molecule has 0 aromatic carbocycles. The average Bonchev–Trinajstić information content (AvgIpc) is 2.96. The van der Waals surface area contributed by atoms with E-state index >= 15 is 0 Å². The van der Waals surface area contributed by atoms with Gasteiger partial charge >= 0.3 is 0 Å². The second kappa shape index (κ2) is 3.72. The molecule has 0 saturated heterocycles.